The number of carboxylic acid groups (broad SMARTS) is 1. The number of methoxy groups -OCH3 is 1. The van der Waals surface area contributed by atoms with Gasteiger partial charge in [-0.25, -0.2) is 14.0 Å². The Morgan fingerprint density at radius 3 is 2.45 bits per heavy atom. The predicted octanol–water partition coefficient (Wildman–Crippen LogP) is 2.98. The van der Waals surface area contributed by atoms with Crippen LogP contribution in [-0.2, 0) is 4.74 Å². The van der Waals surface area contributed by atoms with Gasteiger partial charge in [0.15, 0.2) is 0 Å². The molecule has 0 amide bonds. The minimum Gasteiger partial charge on any atom is -0.478 e. The maximum atomic E-state index is 13.9. The van der Waals surface area contributed by atoms with E-state index in [9.17, 15) is 14.0 Å². The quantitative estimate of drug-likeness (QED) is 0.874. The Morgan fingerprint density at radius 1 is 1.10 bits per heavy atom. The highest BCUT2D eigenvalue weighted by Gasteiger charge is 2.16. The fraction of sp³-hybridized carbons (Fsp3) is 0.0667. The Hall–Kier alpha value is -2.69. The van der Waals surface area contributed by atoms with E-state index in [1.165, 1.54) is 31.4 Å². The Kier molecular flexibility index (Phi) is 3.79. The van der Waals surface area contributed by atoms with Crippen LogP contribution in [0.4, 0.5) is 4.39 Å². The Labute approximate surface area is 114 Å². The van der Waals surface area contributed by atoms with Crippen LogP contribution in [0, 0.1) is 5.82 Å². The molecule has 5 heteroatoms. The van der Waals surface area contributed by atoms with Gasteiger partial charge in [-0.2, -0.15) is 0 Å². The lowest BCUT2D eigenvalue weighted by atomic mass is 9.97. The van der Waals surface area contributed by atoms with Gasteiger partial charge in [0.1, 0.15) is 5.82 Å². The van der Waals surface area contributed by atoms with E-state index in [1.54, 1.807) is 12.1 Å². The fourth-order valence-electron chi connectivity index (χ4n) is 1.88. The minimum atomic E-state index is -1.16. The molecule has 2 rings (SSSR count). The third-order valence-corrected chi connectivity index (χ3v) is 2.84. The van der Waals surface area contributed by atoms with E-state index in [4.69, 9.17) is 5.11 Å². The maximum absolute atomic E-state index is 13.9. The molecule has 0 saturated heterocycles. The third kappa shape index (κ3) is 2.51. The molecule has 0 aliphatic heterocycles. The molecule has 2 aromatic rings. The standard InChI is InChI=1S/C15H11FO4/c1-20-15(19)9-6-7-13(16)12(8-9)10-4-2-3-5-11(10)14(17)18/h2-8H,1H3,(H,17,18). The van der Waals surface area contributed by atoms with Crippen LogP contribution in [0.3, 0.4) is 0 Å². The van der Waals surface area contributed by atoms with Crippen LogP contribution in [0.15, 0.2) is 42.5 Å². The summed E-state index contributed by atoms with van der Waals surface area (Å²) in [5.41, 5.74) is 0.381. The molecule has 102 valence electrons. The Morgan fingerprint density at radius 2 is 1.80 bits per heavy atom. The van der Waals surface area contributed by atoms with Gasteiger partial charge in [-0.3, -0.25) is 0 Å². The van der Waals surface area contributed by atoms with Gasteiger partial charge in [-0.1, -0.05) is 18.2 Å². The van der Waals surface area contributed by atoms with Crippen LogP contribution < -0.4 is 0 Å². The summed E-state index contributed by atoms with van der Waals surface area (Å²) < 4.78 is 18.5. The van der Waals surface area contributed by atoms with E-state index in [1.807, 2.05) is 0 Å². The maximum Gasteiger partial charge on any atom is 0.337 e. The van der Waals surface area contributed by atoms with Crippen molar-refractivity contribution in [1.29, 1.82) is 0 Å². The highest BCUT2D eigenvalue weighted by molar-refractivity contribution is 5.97. The van der Waals surface area contributed by atoms with Crippen LogP contribution in [0.5, 0.6) is 0 Å². The highest BCUT2D eigenvalue weighted by atomic mass is 19.1. The Bertz CT molecular complexity index is 679. The van der Waals surface area contributed by atoms with Gasteiger partial charge in [0.2, 0.25) is 0 Å². The summed E-state index contributed by atoms with van der Waals surface area (Å²) >= 11 is 0. The topological polar surface area (TPSA) is 63.6 Å². The summed E-state index contributed by atoms with van der Waals surface area (Å²) in [6, 6.07) is 9.70. The average molecular weight is 274 g/mol. The lowest BCUT2D eigenvalue weighted by Gasteiger charge is -2.09. The number of hydrogen-bond donors (Lipinski definition) is 1. The van der Waals surface area contributed by atoms with Crippen molar-refractivity contribution in [3.05, 3.63) is 59.4 Å². The second-order valence-corrected chi connectivity index (χ2v) is 4.04. The van der Waals surface area contributed by atoms with Gasteiger partial charge < -0.3 is 9.84 Å². The van der Waals surface area contributed by atoms with E-state index in [0.29, 0.717) is 0 Å². The third-order valence-electron chi connectivity index (χ3n) is 2.84. The van der Waals surface area contributed by atoms with E-state index in [2.05, 4.69) is 4.74 Å². The van der Waals surface area contributed by atoms with Crippen molar-refractivity contribution in [3.63, 3.8) is 0 Å². The van der Waals surface area contributed by atoms with Crippen LogP contribution in [0.2, 0.25) is 0 Å². The van der Waals surface area contributed by atoms with Gasteiger partial charge in [-0.15, -0.1) is 0 Å². The molecule has 0 radical (unpaired) electrons. The number of ether oxygens (including phenoxy) is 1. The largest absolute Gasteiger partial charge is 0.478 e. The molecule has 0 unspecified atom stereocenters. The molecule has 20 heavy (non-hydrogen) atoms. The number of rotatable bonds is 3. The number of benzene rings is 2. The molecule has 2 aromatic carbocycles. The van der Waals surface area contributed by atoms with Gasteiger partial charge >= 0.3 is 11.9 Å². The smallest absolute Gasteiger partial charge is 0.337 e. The van der Waals surface area contributed by atoms with Crippen molar-refractivity contribution in [2.24, 2.45) is 0 Å². The second-order valence-electron chi connectivity index (χ2n) is 4.04. The van der Waals surface area contributed by atoms with Crippen LogP contribution in [0.25, 0.3) is 11.1 Å². The van der Waals surface area contributed by atoms with Crippen molar-refractivity contribution < 1.29 is 23.8 Å². The van der Waals surface area contributed by atoms with Crippen LogP contribution >= 0.6 is 0 Å². The molecule has 0 spiro atoms. The van der Waals surface area contributed by atoms with Crippen LogP contribution in [-0.4, -0.2) is 24.2 Å². The van der Waals surface area contributed by atoms with Gasteiger partial charge in [0.25, 0.3) is 0 Å². The van der Waals surface area contributed by atoms with Gasteiger partial charge in [-0.05, 0) is 29.8 Å². The molecule has 0 atom stereocenters. The van der Waals surface area contributed by atoms with Gasteiger partial charge in [0, 0.05) is 5.56 Å². The van der Waals surface area contributed by atoms with Crippen molar-refractivity contribution in [3.8, 4) is 11.1 Å². The summed E-state index contributed by atoms with van der Waals surface area (Å²) in [6.07, 6.45) is 0. The zero-order chi connectivity index (χ0) is 14.7. The highest BCUT2D eigenvalue weighted by Crippen LogP contribution is 2.27. The molecular weight excluding hydrogens is 263 g/mol. The second kappa shape index (κ2) is 5.52. The SMILES string of the molecule is COC(=O)c1ccc(F)c(-c2ccccc2C(=O)O)c1. The van der Waals surface area contributed by atoms with Crippen molar-refractivity contribution >= 4 is 11.9 Å². The van der Waals surface area contributed by atoms with Gasteiger partial charge in [0.05, 0.1) is 18.2 Å². The van der Waals surface area contributed by atoms with E-state index < -0.39 is 17.8 Å². The molecule has 0 aliphatic carbocycles. The molecule has 0 aromatic heterocycles. The number of hydrogen-bond acceptors (Lipinski definition) is 3. The number of carbonyl (C=O) groups excluding carboxylic acids is 1. The zero-order valence-electron chi connectivity index (χ0n) is 10.6. The monoisotopic (exact) mass is 274 g/mol. The van der Waals surface area contributed by atoms with E-state index in [0.717, 1.165) is 6.07 Å². The minimum absolute atomic E-state index is 0.0339. The van der Waals surface area contributed by atoms with E-state index in [-0.39, 0.29) is 22.3 Å². The summed E-state index contributed by atoms with van der Waals surface area (Å²) in [7, 11) is 1.22. The lowest BCUT2D eigenvalue weighted by Crippen LogP contribution is -2.04. The number of carbonyl (C=O) groups is 2. The number of aromatic carboxylic acids is 1. The molecule has 0 fully saturated rings. The fourth-order valence-corrected chi connectivity index (χ4v) is 1.88. The average Bonchev–Trinajstić information content (AvgIpc) is 2.47. The first-order valence-corrected chi connectivity index (χ1v) is 5.75. The van der Waals surface area contributed by atoms with Crippen LogP contribution in [0.1, 0.15) is 20.7 Å². The van der Waals surface area contributed by atoms with Crippen molar-refractivity contribution in [2.75, 3.05) is 7.11 Å². The predicted molar refractivity (Wildman–Crippen MR) is 70.1 cm³/mol. The molecular formula is C15H11FO4. The number of carboxylic acids is 1. The summed E-state index contributed by atoms with van der Waals surface area (Å²) in [4.78, 5) is 22.6. The molecule has 1 N–H and O–H groups in total. The van der Waals surface area contributed by atoms with Crippen molar-refractivity contribution in [2.45, 2.75) is 0 Å². The number of halogens is 1. The summed E-state index contributed by atoms with van der Waals surface area (Å²) in [6.45, 7) is 0. The van der Waals surface area contributed by atoms with E-state index >= 15 is 0 Å². The summed E-state index contributed by atoms with van der Waals surface area (Å²) in [5.74, 6) is -2.38. The molecule has 0 aliphatic rings. The zero-order valence-corrected chi connectivity index (χ0v) is 10.6. The molecule has 0 saturated carbocycles. The first kappa shape index (κ1) is 13.7. The first-order valence-electron chi connectivity index (χ1n) is 5.75. The molecule has 0 heterocycles. The number of esters is 1. The molecule has 4 nitrogen and oxygen atoms in total. The Balaban J connectivity index is 2.63. The summed E-state index contributed by atoms with van der Waals surface area (Å²) in [5, 5.41) is 9.13. The lowest BCUT2D eigenvalue weighted by molar-refractivity contribution is 0.0600. The van der Waals surface area contributed by atoms with Crippen molar-refractivity contribution in [1.82, 2.24) is 0 Å². The first-order chi connectivity index (χ1) is 9.54. The molecule has 0 bridgehead atoms. The normalized spacial score (nSPS) is 10.1.